The third kappa shape index (κ3) is 4.40. The van der Waals surface area contributed by atoms with Gasteiger partial charge in [-0.1, -0.05) is 6.07 Å². The first-order valence-corrected chi connectivity index (χ1v) is 5.71. The standard InChI is InChI=1S/C12H20N4O/c1-9(2)16(3)8-7-14-12(17)10-5-4-6-11(13)15-10/h4-6,9H,7-8H2,1-3H3,(H2,13,15)(H,14,17). The number of hydrogen-bond donors (Lipinski definition) is 2. The number of nitrogens with two attached hydrogens (primary N) is 1. The van der Waals surface area contributed by atoms with Gasteiger partial charge in [-0.05, 0) is 33.0 Å². The Labute approximate surface area is 102 Å². The van der Waals surface area contributed by atoms with Crippen molar-refractivity contribution in [1.29, 1.82) is 0 Å². The van der Waals surface area contributed by atoms with E-state index in [1.165, 1.54) is 0 Å². The van der Waals surface area contributed by atoms with Crippen molar-refractivity contribution < 1.29 is 4.79 Å². The van der Waals surface area contributed by atoms with E-state index in [4.69, 9.17) is 5.73 Å². The number of rotatable bonds is 5. The van der Waals surface area contributed by atoms with Crippen LogP contribution in [0, 0.1) is 0 Å². The highest BCUT2D eigenvalue weighted by Gasteiger charge is 2.08. The summed E-state index contributed by atoms with van der Waals surface area (Å²) in [5.74, 6) is 0.173. The maximum absolute atomic E-state index is 11.7. The molecule has 0 radical (unpaired) electrons. The molecule has 1 aromatic heterocycles. The summed E-state index contributed by atoms with van der Waals surface area (Å²) >= 11 is 0. The van der Waals surface area contributed by atoms with Crippen LogP contribution in [0.5, 0.6) is 0 Å². The number of nitrogens with zero attached hydrogens (tertiary/aromatic N) is 2. The summed E-state index contributed by atoms with van der Waals surface area (Å²) in [5, 5.41) is 2.81. The molecule has 0 fully saturated rings. The van der Waals surface area contributed by atoms with E-state index < -0.39 is 0 Å². The lowest BCUT2D eigenvalue weighted by Gasteiger charge is -2.20. The first-order valence-electron chi connectivity index (χ1n) is 5.71. The number of nitrogens with one attached hydrogen (secondary N) is 1. The lowest BCUT2D eigenvalue weighted by molar-refractivity contribution is 0.0943. The van der Waals surface area contributed by atoms with Gasteiger partial charge < -0.3 is 16.0 Å². The maximum Gasteiger partial charge on any atom is 0.270 e. The van der Waals surface area contributed by atoms with Crippen LogP contribution in [0.15, 0.2) is 18.2 Å². The smallest absolute Gasteiger partial charge is 0.270 e. The number of carbonyl (C=O) groups excluding carboxylic acids is 1. The molecule has 0 aromatic carbocycles. The number of carbonyl (C=O) groups is 1. The van der Waals surface area contributed by atoms with Gasteiger partial charge in [-0.25, -0.2) is 4.98 Å². The van der Waals surface area contributed by atoms with Crippen molar-refractivity contribution in [2.75, 3.05) is 25.9 Å². The summed E-state index contributed by atoms with van der Waals surface area (Å²) in [4.78, 5) is 17.8. The molecule has 0 atom stereocenters. The van der Waals surface area contributed by atoms with Crippen molar-refractivity contribution >= 4 is 11.7 Å². The molecular weight excluding hydrogens is 216 g/mol. The summed E-state index contributed by atoms with van der Waals surface area (Å²) in [6, 6.07) is 5.50. The monoisotopic (exact) mass is 236 g/mol. The van der Waals surface area contributed by atoms with E-state index in [9.17, 15) is 4.79 Å². The summed E-state index contributed by atoms with van der Waals surface area (Å²) in [6.07, 6.45) is 0. The Bertz CT molecular complexity index is 379. The van der Waals surface area contributed by atoms with Crippen LogP contribution in [0.1, 0.15) is 24.3 Å². The highest BCUT2D eigenvalue weighted by Crippen LogP contribution is 2.00. The number of amides is 1. The number of pyridine rings is 1. The Morgan fingerprint density at radius 1 is 1.53 bits per heavy atom. The summed E-state index contributed by atoms with van der Waals surface area (Å²) in [6.45, 7) is 5.64. The summed E-state index contributed by atoms with van der Waals surface area (Å²) in [7, 11) is 2.02. The molecule has 0 aliphatic rings. The molecule has 0 saturated heterocycles. The molecule has 94 valence electrons. The summed E-state index contributed by atoms with van der Waals surface area (Å²) in [5.41, 5.74) is 5.87. The van der Waals surface area contributed by atoms with Gasteiger partial charge in [-0.15, -0.1) is 0 Å². The Morgan fingerprint density at radius 2 is 2.24 bits per heavy atom. The van der Waals surface area contributed by atoms with E-state index in [0.29, 0.717) is 24.1 Å². The van der Waals surface area contributed by atoms with E-state index in [2.05, 4.69) is 29.0 Å². The molecule has 1 rings (SSSR count). The van der Waals surface area contributed by atoms with Crippen molar-refractivity contribution in [3.63, 3.8) is 0 Å². The van der Waals surface area contributed by atoms with E-state index in [-0.39, 0.29) is 5.91 Å². The highest BCUT2D eigenvalue weighted by atomic mass is 16.1. The predicted octanol–water partition coefficient (Wildman–Crippen LogP) is 0.734. The lowest BCUT2D eigenvalue weighted by Crippen LogP contribution is -2.36. The minimum atomic E-state index is -0.186. The molecule has 0 unspecified atom stereocenters. The molecule has 17 heavy (non-hydrogen) atoms. The van der Waals surface area contributed by atoms with Gasteiger partial charge in [0.1, 0.15) is 11.5 Å². The van der Waals surface area contributed by atoms with Crippen molar-refractivity contribution in [2.45, 2.75) is 19.9 Å². The second-order valence-corrected chi connectivity index (χ2v) is 4.28. The number of nitrogen functional groups attached to an aromatic ring is 1. The second-order valence-electron chi connectivity index (χ2n) is 4.28. The third-order valence-electron chi connectivity index (χ3n) is 2.63. The Kier molecular flexibility index (Phi) is 4.90. The molecule has 5 heteroatoms. The molecule has 1 aromatic rings. The minimum Gasteiger partial charge on any atom is -0.384 e. The van der Waals surface area contributed by atoms with Crippen LogP contribution in [0.4, 0.5) is 5.82 Å². The Balaban J connectivity index is 2.40. The zero-order valence-corrected chi connectivity index (χ0v) is 10.6. The fraction of sp³-hybridized carbons (Fsp3) is 0.500. The first-order chi connectivity index (χ1) is 8.00. The average Bonchev–Trinajstić information content (AvgIpc) is 2.28. The van der Waals surface area contributed by atoms with E-state index in [0.717, 1.165) is 6.54 Å². The Morgan fingerprint density at radius 3 is 2.82 bits per heavy atom. The van der Waals surface area contributed by atoms with Gasteiger partial charge in [0.15, 0.2) is 0 Å². The van der Waals surface area contributed by atoms with Gasteiger partial charge in [0.05, 0.1) is 0 Å². The molecule has 3 N–H and O–H groups in total. The average molecular weight is 236 g/mol. The number of anilines is 1. The van der Waals surface area contributed by atoms with E-state index in [1.807, 2.05) is 7.05 Å². The molecular formula is C12H20N4O. The second kappa shape index (κ2) is 6.20. The SMILES string of the molecule is CC(C)N(C)CCNC(=O)c1cccc(N)n1. The van der Waals surface area contributed by atoms with Crippen LogP contribution >= 0.6 is 0 Å². The molecule has 0 saturated carbocycles. The van der Waals surface area contributed by atoms with Gasteiger partial charge in [-0.2, -0.15) is 0 Å². The van der Waals surface area contributed by atoms with Crippen LogP contribution in [0.2, 0.25) is 0 Å². The predicted molar refractivity (Wildman–Crippen MR) is 68.7 cm³/mol. The molecule has 5 nitrogen and oxygen atoms in total. The molecule has 1 heterocycles. The molecule has 0 spiro atoms. The topological polar surface area (TPSA) is 71.2 Å². The van der Waals surface area contributed by atoms with Crippen molar-refractivity contribution in [3.05, 3.63) is 23.9 Å². The molecule has 0 bridgehead atoms. The van der Waals surface area contributed by atoms with E-state index >= 15 is 0 Å². The minimum absolute atomic E-state index is 0.186. The van der Waals surface area contributed by atoms with Crippen LogP contribution in [0.25, 0.3) is 0 Å². The lowest BCUT2D eigenvalue weighted by atomic mass is 10.3. The van der Waals surface area contributed by atoms with Crippen LogP contribution in [-0.2, 0) is 0 Å². The number of likely N-dealkylation sites (N-methyl/N-ethyl adjacent to an activating group) is 1. The zero-order valence-electron chi connectivity index (χ0n) is 10.6. The van der Waals surface area contributed by atoms with Gasteiger partial charge in [0.2, 0.25) is 0 Å². The van der Waals surface area contributed by atoms with Crippen molar-refractivity contribution in [3.8, 4) is 0 Å². The van der Waals surface area contributed by atoms with Crippen LogP contribution in [-0.4, -0.2) is 42.0 Å². The van der Waals surface area contributed by atoms with E-state index in [1.54, 1.807) is 18.2 Å². The Hall–Kier alpha value is -1.62. The molecule has 0 aliphatic heterocycles. The van der Waals surface area contributed by atoms with Crippen LogP contribution < -0.4 is 11.1 Å². The first kappa shape index (κ1) is 13.4. The van der Waals surface area contributed by atoms with Gasteiger partial charge >= 0.3 is 0 Å². The van der Waals surface area contributed by atoms with Gasteiger partial charge in [0, 0.05) is 19.1 Å². The summed E-state index contributed by atoms with van der Waals surface area (Å²) < 4.78 is 0. The number of aromatic nitrogens is 1. The third-order valence-corrected chi connectivity index (χ3v) is 2.63. The van der Waals surface area contributed by atoms with Crippen molar-refractivity contribution in [1.82, 2.24) is 15.2 Å². The largest absolute Gasteiger partial charge is 0.384 e. The van der Waals surface area contributed by atoms with Crippen LogP contribution in [0.3, 0.4) is 0 Å². The fourth-order valence-corrected chi connectivity index (χ4v) is 1.27. The molecule has 1 amide bonds. The molecule has 0 aliphatic carbocycles. The quantitative estimate of drug-likeness (QED) is 0.790. The highest BCUT2D eigenvalue weighted by molar-refractivity contribution is 5.92. The maximum atomic E-state index is 11.7. The zero-order chi connectivity index (χ0) is 12.8. The van der Waals surface area contributed by atoms with Crippen molar-refractivity contribution in [2.24, 2.45) is 0 Å². The van der Waals surface area contributed by atoms with Gasteiger partial charge in [-0.3, -0.25) is 4.79 Å². The fourth-order valence-electron chi connectivity index (χ4n) is 1.27. The number of hydrogen-bond acceptors (Lipinski definition) is 4. The van der Waals surface area contributed by atoms with Gasteiger partial charge in [0.25, 0.3) is 5.91 Å². The normalized spacial score (nSPS) is 10.9.